The van der Waals surface area contributed by atoms with E-state index in [1.165, 1.54) is 5.19 Å². The summed E-state index contributed by atoms with van der Waals surface area (Å²) in [4.78, 5) is 0. The van der Waals surface area contributed by atoms with Crippen molar-refractivity contribution in [3.8, 4) is 0 Å². The topological polar surface area (TPSA) is 0 Å². The van der Waals surface area contributed by atoms with E-state index in [1.807, 2.05) is 0 Å². The van der Waals surface area contributed by atoms with E-state index in [-0.39, 0.29) is 0 Å². The van der Waals surface area contributed by atoms with E-state index in [4.69, 9.17) is 0 Å². The van der Waals surface area contributed by atoms with Gasteiger partial charge in [0, 0.05) is 0 Å². The summed E-state index contributed by atoms with van der Waals surface area (Å²) in [6, 6.07) is 9.26. The van der Waals surface area contributed by atoms with Crippen LogP contribution in [0.25, 0.3) is 0 Å². The van der Waals surface area contributed by atoms with E-state index in [2.05, 4.69) is 50.5 Å². The molecule has 0 saturated carbocycles. The Kier molecular flexibility index (Phi) is 2.91. The van der Waals surface area contributed by atoms with Crippen molar-refractivity contribution in [2.24, 2.45) is 0 Å². The van der Waals surface area contributed by atoms with Gasteiger partial charge < -0.3 is 0 Å². The van der Waals surface area contributed by atoms with Gasteiger partial charge in [0.1, 0.15) is 0 Å². The van der Waals surface area contributed by atoms with Gasteiger partial charge >= 0.3 is 78.4 Å². The van der Waals surface area contributed by atoms with Gasteiger partial charge in [-0.1, -0.05) is 0 Å². The third kappa shape index (κ3) is 2.32. The molecule has 0 heterocycles. The van der Waals surface area contributed by atoms with Crippen LogP contribution in [0.1, 0.15) is 0 Å². The van der Waals surface area contributed by atoms with Crippen molar-refractivity contribution in [1.82, 2.24) is 0 Å². The number of rotatable bonds is 2. The molecule has 68 valence electrons. The van der Waals surface area contributed by atoms with Gasteiger partial charge in [0.05, 0.1) is 0 Å². The zero-order chi connectivity index (χ0) is 9.19. The normalized spacial score (nSPS) is 12.7. The predicted octanol–water partition coefficient (Wildman–Crippen LogP) is 1.07. The first kappa shape index (κ1) is 9.74. The zero-order valence-corrected chi connectivity index (χ0v) is 10.8. The summed E-state index contributed by atoms with van der Waals surface area (Å²) < 4.78 is 0. The van der Waals surface area contributed by atoms with Gasteiger partial charge in [-0.15, -0.1) is 0 Å². The number of hydrogen-bond donors (Lipinski definition) is 0. The fourth-order valence-corrected chi connectivity index (χ4v) is 3.19. The molecule has 0 aliphatic heterocycles. The molecule has 0 saturated heterocycles. The van der Waals surface area contributed by atoms with Crippen LogP contribution in [-0.4, -0.2) is 17.6 Å². The van der Waals surface area contributed by atoms with E-state index in [0.717, 1.165) is 0 Å². The molecule has 0 aliphatic rings. The quantitative estimate of drug-likeness (QED) is 0.618. The van der Waals surface area contributed by atoms with Crippen LogP contribution < -0.4 is 10.4 Å². The van der Waals surface area contributed by atoms with Gasteiger partial charge in [-0.05, 0) is 0 Å². The average molecular weight is 194 g/mol. The third-order valence-corrected chi connectivity index (χ3v) is 5.71. The Morgan fingerprint density at radius 3 is 1.83 bits per heavy atom. The molecule has 2 heteroatoms. The standard InChI is InChI=1S/C10H18Si2/c1-11-9-5-7-10(8-6-9)12(2,3)4/h5-8,11-12H,1-4H3/q-2. The molecule has 0 spiro atoms. The summed E-state index contributed by atoms with van der Waals surface area (Å²) in [5.41, 5.74) is 0. The summed E-state index contributed by atoms with van der Waals surface area (Å²) in [6.45, 7) is 9.54. The summed E-state index contributed by atoms with van der Waals surface area (Å²) in [5.74, 6) is 0. The van der Waals surface area contributed by atoms with Gasteiger partial charge in [-0.25, -0.2) is 0 Å². The van der Waals surface area contributed by atoms with E-state index in [1.54, 1.807) is 5.19 Å². The molecular formula is C10H18Si2-2. The van der Waals surface area contributed by atoms with Crippen LogP contribution in [0.4, 0.5) is 0 Å². The summed E-state index contributed by atoms with van der Waals surface area (Å²) in [7, 11) is -0.841. The van der Waals surface area contributed by atoms with E-state index in [0.29, 0.717) is 9.52 Å². The van der Waals surface area contributed by atoms with E-state index in [9.17, 15) is 0 Å². The Hall–Kier alpha value is -0.346. The van der Waals surface area contributed by atoms with Crippen LogP contribution in [0.3, 0.4) is 0 Å². The maximum atomic E-state index is 2.42. The summed E-state index contributed by atoms with van der Waals surface area (Å²) in [6.07, 6.45) is 0. The first-order valence-corrected chi connectivity index (χ1v) is 10.5. The summed E-state index contributed by atoms with van der Waals surface area (Å²) in [5, 5.41) is 3.13. The molecule has 1 aromatic rings. The van der Waals surface area contributed by atoms with Crippen molar-refractivity contribution in [2.45, 2.75) is 26.2 Å². The molecule has 1 aromatic carbocycles. The molecular weight excluding hydrogens is 176 g/mol. The minimum atomic E-state index is -1.33. The Bertz CT molecular complexity index is 244. The molecule has 0 aliphatic carbocycles. The molecule has 0 nitrogen and oxygen atoms in total. The average Bonchev–Trinajstić information content (AvgIpc) is 2.03. The zero-order valence-electron chi connectivity index (χ0n) is 8.46. The molecule has 0 unspecified atom stereocenters. The minimum absolute atomic E-state index is 0.489. The van der Waals surface area contributed by atoms with Crippen molar-refractivity contribution >= 4 is 28.0 Å². The second-order valence-corrected chi connectivity index (χ2v) is 11.7. The molecule has 12 heavy (non-hydrogen) atoms. The summed E-state index contributed by atoms with van der Waals surface area (Å²) >= 11 is 0. The fraction of sp³-hybridized carbons (Fsp3) is 0.400. The Labute approximate surface area is 78.8 Å². The molecule has 0 atom stereocenters. The molecule has 0 amide bonds. The molecule has 0 fully saturated rings. The van der Waals surface area contributed by atoms with Crippen LogP contribution in [0.5, 0.6) is 0 Å². The van der Waals surface area contributed by atoms with Gasteiger partial charge in [-0.2, -0.15) is 0 Å². The van der Waals surface area contributed by atoms with Gasteiger partial charge in [-0.3, -0.25) is 0 Å². The van der Waals surface area contributed by atoms with Gasteiger partial charge in [0.25, 0.3) is 0 Å². The number of benzene rings is 1. The first-order valence-electron chi connectivity index (χ1n) is 4.71. The molecule has 0 N–H and O–H groups in total. The Morgan fingerprint density at radius 1 is 1.00 bits per heavy atom. The van der Waals surface area contributed by atoms with Crippen molar-refractivity contribution < 1.29 is 0 Å². The van der Waals surface area contributed by atoms with Crippen LogP contribution in [0.2, 0.25) is 26.2 Å². The maximum absolute atomic E-state index is 2.42. The monoisotopic (exact) mass is 194 g/mol. The van der Waals surface area contributed by atoms with Crippen molar-refractivity contribution in [3.05, 3.63) is 24.3 Å². The SMILES string of the molecule is C[SiH-]c1ccc([SiH-](C)(C)C)cc1. The molecule has 0 bridgehead atoms. The van der Waals surface area contributed by atoms with Crippen LogP contribution in [-0.2, 0) is 0 Å². The molecule has 0 radical (unpaired) electrons. The second-order valence-electron chi connectivity index (χ2n) is 4.55. The van der Waals surface area contributed by atoms with Crippen LogP contribution in [0.15, 0.2) is 24.3 Å². The molecule has 1 rings (SSSR count). The van der Waals surface area contributed by atoms with E-state index < -0.39 is 8.07 Å². The van der Waals surface area contributed by atoms with Crippen molar-refractivity contribution in [3.63, 3.8) is 0 Å². The molecule has 0 aromatic heterocycles. The first-order chi connectivity index (χ1) is 5.54. The van der Waals surface area contributed by atoms with Crippen LogP contribution in [0, 0.1) is 0 Å². The van der Waals surface area contributed by atoms with Gasteiger partial charge in [0.15, 0.2) is 0 Å². The van der Waals surface area contributed by atoms with Crippen LogP contribution >= 0.6 is 0 Å². The predicted molar refractivity (Wildman–Crippen MR) is 63.5 cm³/mol. The Morgan fingerprint density at radius 2 is 1.50 bits per heavy atom. The van der Waals surface area contributed by atoms with Gasteiger partial charge in [0.2, 0.25) is 0 Å². The Balaban J connectivity index is 2.93. The number of hydrogen-bond acceptors (Lipinski definition) is 0. The third-order valence-electron chi connectivity index (χ3n) is 2.27. The van der Waals surface area contributed by atoms with E-state index >= 15 is 0 Å². The fourth-order valence-electron chi connectivity index (χ4n) is 1.27. The van der Waals surface area contributed by atoms with Crippen molar-refractivity contribution in [1.29, 1.82) is 0 Å². The second kappa shape index (κ2) is 3.58. The van der Waals surface area contributed by atoms with Crippen molar-refractivity contribution in [2.75, 3.05) is 0 Å².